The van der Waals surface area contributed by atoms with Crippen LogP contribution in [-0.2, 0) is 13.0 Å². The molecular formula is C20H23FN6O. The zero-order chi connectivity index (χ0) is 19.8. The number of nitrogens with one attached hydrogen (secondary N) is 3. The van der Waals surface area contributed by atoms with Crippen molar-refractivity contribution in [2.75, 3.05) is 20.7 Å². The van der Waals surface area contributed by atoms with E-state index in [-0.39, 0.29) is 5.82 Å². The molecule has 0 amide bonds. The van der Waals surface area contributed by atoms with Gasteiger partial charge in [-0.1, -0.05) is 18.2 Å². The molecule has 28 heavy (non-hydrogen) atoms. The average Bonchev–Trinajstić information content (AvgIpc) is 3.21. The summed E-state index contributed by atoms with van der Waals surface area (Å²) in [6.07, 6.45) is 0.567. The molecule has 3 N–H and O–H groups in total. The second kappa shape index (κ2) is 9.50. The van der Waals surface area contributed by atoms with Crippen molar-refractivity contribution >= 4 is 5.96 Å². The summed E-state index contributed by atoms with van der Waals surface area (Å²) in [5, 5.41) is 13.5. The van der Waals surface area contributed by atoms with Crippen molar-refractivity contribution in [2.24, 2.45) is 4.99 Å². The lowest BCUT2D eigenvalue weighted by Gasteiger charge is -2.11. The normalized spacial score (nSPS) is 11.3. The van der Waals surface area contributed by atoms with Crippen molar-refractivity contribution in [3.8, 4) is 17.1 Å². The first-order chi connectivity index (χ1) is 13.7. The zero-order valence-electron chi connectivity index (χ0n) is 15.9. The summed E-state index contributed by atoms with van der Waals surface area (Å²) in [7, 11) is 3.31. The molecule has 0 saturated heterocycles. The van der Waals surface area contributed by atoms with Gasteiger partial charge in [0.2, 0.25) is 0 Å². The number of H-pyrrole nitrogens is 1. The first-order valence-electron chi connectivity index (χ1n) is 8.93. The van der Waals surface area contributed by atoms with Gasteiger partial charge in [-0.25, -0.2) is 9.37 Å². The van der Waals surface area contributed by atoms with E-state index in [0.717, 1.165) is 11.3 Å². The van der Waals surface area contributed by atoms with Crippen molar-refractivity contribution in [1.29, 1.82) is 0 Å². The summed E-state index contributed by atoms with van der Waals surface area (Å²) < 4.78 is 18.8. The number of hydrogen-bond donors (Lipinski definition) is 3. The predicted molar refractivity (Wildman–Crippen MR) is 107 cm³/mol. The molecule has 0 fully saturated rings. The van der Waals surface area contributed by atoms with Gasteiger partial charge in [0.25, 0.3) is 0 Å². The first kappa shape index (κ1) is 19.3. The van der Waals surface area contributed by atoms with Crippen LogP contribution < -0.4 is 15.4 Å². The summed E-state index contributed by atoms with van der Waals surface area (Å²) in [5.41, 5.74) is 1.57. The highest BCUT2D eigenvalue weighted by Gasteiger charge is 2.07. The number of halogens is 1. The van der Waals surface area contributed by atoms with Gasteiger partial charge >= 0.3 is 0 Å². The number of rotatable bonds is 7. The summed E-state index contributed by atoms with van der Waals surface area (Å²) in [4.78, 5) is 8.64. The van der Waals surface area contributed by atoms with Crippen LogP contribution in [0.5, 0.6) is 5.75 Å². The van der Waals surface area contributed by atoms with E-state index >= 15 is 0 Å². The fourth-order valence-corrected chi connectivity index (χ4v) is 2.65. The molecular weight excluding hydrogens is 359 g/mol. The number of aliphatic imine (C=N–C) groups is 1. The SMILES string of the molecule is CN=C(NCCc1ccccc1F)NCc1nc(-c2ccc(OC)cc2)n[nH]1. The molecule has 1 heterocycles. The third-order valence-corrected chi connectivity index (χ3v) is 4.17. The van der Waals surface area contributed by atoms with Crippen LogP contribution >= 0.6 is 0 Å². The number of nitrogens with zero attached hydrogens (tertiary/aromatic N) is 3. The number of methoxy groups -OCH3 is 1. The molecule has 0 unspecified atom stereocenters. The van der Waals surface area contributed by atoms with Crippen molar-refractivity contribution in [3.05, 3.63) is 65.7 Å². The van der Waals surface area contributed by atoms with E-state index < -0.39 is 0 Å². The molecule has 146 valence electrons. The topological polar surface area (TPSA) is 87.2 Å². The van der Waals surface area contributed by atoms with Gasteiger partial charge < -0.3 is 15.4 Å². The molecule has 0 aliphatic rings. The fraction of sp³-hybridized carbons (Fsp3) is 0.250. The molecule has 3 aromatic rings. The maximum Gasteiger partial charge on any atom is 0.191 e. The second-order valence-electron chi connectivity index (χ2n) is 6.03. The Hall–Kier alpha value is -3.42. The Morgan fingerprint density at radius 2 is 1.93 bits per heavy atom. The number of ether oxygens (including phenoxy) is 1. The van der Waals surface area contributed by atoms with E-state index in [0.29, 0.717) is 42.7 Å². The lowest BCUT2D eigenvalue weighted by Crippen LogP contribution is -2.38. The highest BCUT2D eigenvalue weighted by atomic mass is 19.1. The minimum atomic E-state index is -0.194. The van der Waals surface area contributed by atoms with E-state index in [2.05, 4.69) is 30.8 Å². The van der Waals surface area contributed by atoms with Gasteiger partial charge in [-0.15, -0.1) is 0 Å². The Bertz CT molecular complexity index is 922. The number of aromatic amines is 1. The highest BCUT2D eigenvalue weighted by Crippen LogP contribution is 2.18. The van der Waals surface area contributed by atoms with E-state index in [4.69, 9.17) is 4.74 Å². The van der Waals surface area contributed by atoms with Gasteiger partial charge in [-0.3, -0.25) is 10.1 Å². The minimum absolute atomic E-state index is 0.194. The van der Waals surface area contributed by atoms with Crippen LogP contribution in [0.25, 0.3) is 11.4 Å². The molecule has 8 heteroatoms. The third kappa shape index (κ3) is 5.06. The van der Waals surface area contributed by atoms with Crippen LogP contribution in [0.1, 0.15) is 11.4 Å². The van der Waals surface area contributed by atoms with Crippen LogP contribution in [0.15, 0.2) is 53.5 Å². The van der Waals surface area contributed by atoms with Crippen LogP contribution in [0.4, 0.5) is 4.39 Å². The highest BCUT2D eigenvalue weighted by molar-refractivity contribution is 5.79. The lowest BCUT2D eigenvalue weighted by atomic mass is 10.1. The lowest BCUT2D eigenvalue weighted by molar-refractivity contribution is 0.415. The number of aromatic nitrogens is 3. The molecule has 0 aliphatic heterocycles. The monoisotopic (exact) mass is 382 g/mol. The Morgan fingerprint density at radius 1 is 1.14 bits per heavy atom. The number of guanidine groups is 1. The van der Waals surface area contributed by atoms with E-state index in [9.17, 15) is 4.39 Å². The van der Waals surface area contributed by atoms with Crippen molar-refractivity contribution in [1.82, 2.24) is 25.8 Å². The molecule has 0 aliphatic carbocycles. The molecule has 0 atom stereocenters. The molecule has 2 aromatic carbocycles. The van der Waals surface area contributed by atoms with E-state index in [1.165, 1.54) is 6.07 Å². The average molecular weight is 382 g/mol. The summed E-state index contributed by atoms with van der Waals surface area (Å²) in [6.45, 7) is 0.997. The Balaban J connectivity index is 1.50. The van der Waals surface area contributed by atoms with Crippen LogP contribution in [-0.4, -0.2) is 41.8 Å². The molecule has 1 aromatic heterocycles. The van der Waals surface area contributed by atoms with E-state index in [1.54, 1.807) is 26.3 Å². The van der Waals surface area contributed by atoms with Gasteiger partial charge in [0.05, 0.1) is 13.7 Å². The Morgan fingerprint density at radius 3 is 2.64 bits per heavy atom. The standard InChI is InChI=1S/C20H23FN6O/c1-22-20(23-12-11-14-5-3-4-6-17(14)21)24-13-18-25-19(27-26-18)15-7-9-16(28-2)10-8-15/h3-10H,11-13H2,1-2H3,(H2,22,23,24)(H,25,26,27). The van der Waals surface area contributed by atoms with Gasteiger partial charge in [-0.05, 0) is 42.3 Å². The third-order valence-electron chi connectivity index (χ3n) is 4.17. The van der Waals surface area contributed by atoms with Gasteiger partial charge in [0, 0.05) is 19.2 Å². The van der Waals surface area contributed by atoms with Gasteiger partial charge in [0.15, 0.2) is 11.8 Å². The van der Waals surface area contributed by atoms with Crippen molar-refractivity contribution < 1.29 is 9.13 Å². The van der Waals surface area contributed by atoms with Crippen LogP contribution in [0.3, 0.4) is 0 Å². The molecule has 0 saturated carbocycles. The largest absolute Gasteiger partial charge is 0.497 e. The summed E-state index contributed by atoms with van der Waals surface area (Å²) in [5.74, 6) is 2.50. The first-order valence-corrected chi connectivity index (χ1v) is 8.93. The van der Waals surface area contributed by atoms with E-state index in [1.807, 2.05) is 30.3 Å². The number of benzene rings is 2. The van der Waals surface area contributed by atoms with Gasteiger partial charge in [0.1, 0.15) is 17.4 Å². The fourth-order valence-electron chi connectivity index (χ4n) is 2.65. The maximum absolute atomic E-state index is 13.7. The number of hydrogen-bond acceptors (Lipinski definition) is 4. The predicted octanol–water partition coefficient (Wildman–Crippen LogP) is 2.53. The molecule has 3 rings (SSSR count). The van der Waals surface area contributed by atoms with Crippen LogP contribution in [0, 0.1) is 5.82 Å². The molecule has 0 radical (unpaired) electrons. The second-order valence-corrected chi connectivity index (χ2v) is 6.03. The molecule has 0 bridgehead atoms. The Kier molecular flexibility index (Phi) is 6.56. The van der Waals surface area contributed by atoms with Crippen molar-refractivity contribution in [2.45, 2.75) is 13.0 Å². The Labute approximate surface area is 163 Å². The molecule has 0 spiro atoms. The zero-order valence-corrected chi connectivity index (χ0v) is 15.9. The summed E-state index contributed by atoms with van der Waals surface area (Å²) >= 11 is 0. The quantitative estimate of drug-likeness (QED) is 0.432. The van der Waals surface area contributed by atoms with Gasteiger partial charge in [-0.2, -0.15) is 5.10 Å². The maximum atomic E-state index is 13.7. The summed E-state index contributed by atoms with van der Waals surface area (Å²) in [6, 6.07) is 14.3. The van der Waals surface area contributed by atoms with Crippen molar-refractivity contribution in [3.63, 3.8) is 0 Å². The smallest absolute Gasteiger partial charge is 0.191 e. The van der Waals surface area contributed by atoms with Crippen LogP contribution in [0.2, 0.25) is 0 Å². The minimum Gasteiger partial charge on any atom is -0.497 e. The molecule has 7 nitrogen and oxygen atoms in total.